The Bertz CT molecular complexity index is 1800. The minimum absolute atomic E-state index is 0.0141. The molecule has 0 unspecified atom stereocenters. The van der Waals surface area contributed by atoms with Gasteiger partial charge in [0.15, 0.2) is 24.3 Å². The smallest absolute Gasteiger partial charge is 0.303 e. The Labute approximate surface area is 285 Å². The van der Waals surface area contributed by atoms with Crippen molar-refractivity contribution in [2.75, 3.05) is 27.9 Å². The number of Topliss-reactive ketones (excluding diaryl/α,β-unsaturated/α-hetero) is 1. The van der Waals surface area contributed by atoms with E-state index < -0.39 is 89.5 Å². The van der Waals surface area contributed by atoms with Crippen molar-refractivity contribution >= 4 is 22.5 Å². The average molecular weight is 705 g/mol. The van der Waals surface area contributed by atoms with Crippen LogP contribution in [0.5, 0.6) is 17.2 Å². The topological polar surface area (TPSA) is 211 Å². The summed E-state index contributed by atoms with van der Waals surface area (Å²) in [6, 6.07) is 1.73. The van der Waals surface area contributed by atoms with Crippen LogP contribution in [0, 0.1) is 6.92 Å². The van der Waals surface area contributed by atoms with E-state index in [1.54, 1.807) is 19.9 Å². The van der Waals surface area contributed by atoms with Gasteiger partial charge in [-0.3, -0.25) is 9.59 Å². The number of hydrogen-bond acceptors (Lipinski definition) is 16. The molecule has 2 aromatic carbocycles. The zero-order valence-electron chi connectivity index (χ0n) is 28.5. The summed E-state index contributed by atoms with van der Waals surface area (Å²) in [5.74, 6) is -5.54. The number of benzene rings is 2. The number of aliphatic hydroxyl groups is 3. The monoisotopic (exact) mass is 704 g/mol. The van der Waals surface area contributed by atoms with E-state index >= 15 is 0 Å². The molecular weight excluding hydrogens is 664 g/mol. The summed E-state index contributed by atoms with van der Waals surface area (Å²) in [5.41, 5.74) is -2.13. The lowest BCUT2D eigenvalue weighted by Crippen LogP contribution is -2.69. The standard InChI is InChI=1S/C34H40O16/c1-12-8-15-20(26-19(12)27-29-33(40,48-26)32(11-44-32)34(49-27,50-29)30(42-6)43-7)24(38)22-21(25(15)41-5)17(9-16(36)23(22)37)47-18-10-31(4,39)28(13(2)45-18)46-14(3)35/h8,13,16-18,27-30,36,38-40H,9-11H2,1-7H3/t13-,16-,17-,18-,27-,28+,29-,31+,32-,33-,34-/m0/s1. The number of methoxy groups -OCH3 is 3. The molecule has 16 heteroatoms. The Morgan fingerprint density at radius 3 is 2.42 bits per heavy atom. The number of ketones is 1. The Balaban J connectivity index is 1.25. The summed E-state index contributed by atoms with van der Waals surface area (Å²) < 4.78 is 59.7. The van der Waals surface area contributed by atoms with Gasteiger partial charge in [-0.05, 0) is 32.4 Å². The van der Waals surface area contributed by atoms with E-state index in [1.165, 1.54) is 35.2 Å². The number of fused-ring (bicyclic) bond motifs is 8. The van der Waals surface area contributed by atoms with Crippen molar-refractivity contribution in [3.8, 4) is 17.2 Å². The highest BCUT2D eigenvalue weighted by atomic mass is 16.9. The van der Waals surface area contributed by atoms with Gasteiger partial charge in [-0.25, -0.2) is 0 Å². The predicted octanol–water partition coefficient (Wildman–Crippen LogP) is 1.32. The number of aryl methyl sites for hydroxylation is 1. The second-order valence-corrected chi connectivity index (χ2v) is 14.1. The van der Waals surface area contributed by atoms with E-state index in [4.69, 9.17) is 47.4 Å². The molecule has 1 spiro atoms. The van der Waals surface area contributed by atoms with Crippen LogP contribution in [-0.2, 0) is 42.7 Å². The zero-order valence-corrected chi connectivity index (χ0v) is 28.5. The van der Waals surface area contributed by atoms with E-state index in [0.717, 1.165) is 0 Å². The highest BCUT2D eigenvalue weighted by Gasteiger charge is 2.92. The number of epoxide rings is 1. The van der Waals surface area contributed by atoms with Crippen molar-refractivity contribution in [1.82, 2.24) is 0 Å². The molecule has 4 N–H and O–H groups in total. The maximum absolute atomic E-state index is 13.7. The Kier molecular flexibility index (Phi) is 7.42. The van der Waals surface area contributed by atoms with Crippen molar-refractivity contribution in [3.63, 3.8) is 0 Å². The Morgan fingerprint density at radius 2 is 1.82 bits per heavy atom. The molecule has 0 amide bonds. The highest BCUT2D eigenvalue weighted by Crippen LogP contribution is 2.71. The largest absolute Gasteiger partial charge is 0.506 e. The number of esters is 1. The van der Waals surface area contributed by atoms with Crippen molar-refractivity contribution in [2.45, 2.75) is 113 Å². The number of aliphatic hydroxyl groups excluding tert-OH is 1. The van der Waals surface area contributed by atoms with Gasteiger partial charge in [-0.15, -0.1) is 0 Å². The normalized spacial score (nSPS) is 40.9. The van der Waals surface area contributed by atoms with Gasteiger partial charge in [0.1, 0.15) is 35.1 Å². The van der Waals surface area contributed by atoms with Crippen LogP contribution < -0.4 is 9.47 Å². The van der Waals surface area contributed by atoms with Gasteiger partial charge in [0.25, 0.3) is 11.6 Å². The third-order valence-electron chi connectivity index (χ3n) is 11.0. The summed E-state index contributed by atoms with van der Waals surface area (Å²) in [5, 5.41) is 46.8. The summed E-state index contributed by atoms with van der Waals surface area (Å²) in [6.07, 6.45) is -8.88. The lowest BCUT2D eigenvalue weighted by molar-refractivity contribution is -0.344. The number of carbonyl (C=O) groups excluding carboxylic acids is 2. The first-order chi connectivity index (χ1) is 23.6. The van der Waals surface area contributed by atoms with Gasteiger partial charge in [0.2, 0.25) is 11.9 Å². The predicted molar refractivity (Wildman–Crippen MR) is 164 cm³/mol. The number of phenols is 1. The van der Waals surface area contributed by atoms with Crippen LogP contribution in [0.15, 0.2) is 6.07 Å². The first-order valence-electron chi connectivity index (χ1n) is 16.4. The van der Waals surface area contributed by atoms with Gasteiger partial charge in [0, 0.05) is 50.5 Å². The number of hydrogen-bond donors (Lipinski definition) is 4. The van der Waals surface area contributed by atoms with Gasteiger partial charge in [0.05, 0.1) is 36.9 Å². The SMILES string of the molecule is COc1c2c(c(O)c3c4c(c(C)cc13)[C@@H]1O[C@@]3(C(OC)OC)O[C@@H]1[C@](O)(O4)[C@@]31CO1)C(=O)[C@@H](O)C[C@@H]2O[C@H]1C[C@@](C)(O)[C@H](OC(C)=O)[C@H](C)O1. The van der Waals surface area contributed by atoms with Crippen molar-refractivity contribution in [2.24, 2.45) is 0 Å². The molecule has 0 saturated carbocycles. The maximum Gasteiger partial charge on any atom is 0.303 e. The molecule has 5 aliphatic heterocycles. The van der Waals surface area contributed by atoms with Gasteiger partial charge >= 0.3 is 5.97 Å². The van der Waals surface area contributed by atoms with Crippen molar-refractivity contribution in [3.05, 3.63) is 28.3 Å². The van der Waals surface area contributed by atoms with Gasteiger partial charge in [-0.1, -0.05) is 0 Å². The lowest BCUT2D eigenvalue weighted by atomic mass is 9.77. The van der Waals surface area contributed by atoms with Crippen LogP contribution in [0.1, 0.15) is 72.9 Å². The van der Waals surface area contributed by atoms with Crippen LogP contribution in [0.2, 0.25) is 0 Å². The second kappa shape index (κ2) is 10.9. The fourth-order valence-corrected chi connectivity index (χ4v) is 8.84. The van der Waals surface area contributed by atoms with Crippen LogP contribution >= 0.6 is 0 Å². The number of rotatable bonds is 7. The highest BCUT2D eigenvalue weighted by molar-refractivity contribution is 6.13. The molecule has 6 aliphatic rings. The Hall–Kier alpha value is -3.16. The first kappa shape index (κ1) is 34.0. The number of aromatic hydroxyl groups is 1. The summed E-state index contributed by atoms with van der Waals surface area (Å²) >= 11 is 0. The van der Waals surface area contributed by atoms with E-state index in [1.807, 2.05) is 0 Å². The molecule has 2 aromatic rings. The number of carbonyl (C=O) groups is 2. The molecule has 5 heterocycles. The van der Waals surface area contributed by atoms with Gasteiger partial charge in [-0.2, -0.15) is 0 Å². The average Bonchev–Trinajstić information content (AvgIpc) is 3.72. The van der Waals surface area contributed by atoms with Crippen LogP contribution in [0.25, 0.3) is 10.8 Å². The van der Waals surface area contributed by atoms with Crippen molar-refractivity contribution < 1.29 is 77.4 Å². The minimum atomic E-state index is -2.13. The second-order valence-electron chi connectivity index (χ2n) is 14.1. The zero-order chi connectivity index (χ0) is 35.9. The third kappa shape index (κ3) is 4.17. The van der Waals surface area contributed by atoms with Crippen molar-refractivity contribution in [1.29, 1.82) is 0 Å². The number of ether oxygens (including phenoxy) is 10. The molecule has 0 radical (unpaired) electrons. The molecular formula is C34H40O16. The molecule has 4 saturated heterocycles. The third-order valence-corrected chi connectivity index (χ3v) is 11.0. The molecule has 50 heavy (non-hydrogen) atoms. The first-order valence-corrected chi connectivity index (χ1v) is 16.4. The van der Waals surface area contributed by atoms with E-state index in [2.05, 4.69) is 0 Å². The molecule has 272 valence electrons. The van der Waals surface area contributed by atoms with Gasteiger partial charge < -0.3 is 67.8 Å². The lowest BCUT2D eigenvalue weighted by Gasteiger charge is -2.47. The summed E-state index contributed by atoms with van der Waals surface area (Å²) in [7, 11) is 4.20. The Morgan fingerprint density at radius 1 is 1.12 bits per heavy atom. The van der Waals surface area contributed by atoms with E-state index in [-0.39, 0.29) is 47.5 Å². The summed E-state index contributed by atoms with van der Waals surface area (Å²) in [4.78, 5) is 25.4. The van der Waals surface area contributed by atoms with Crippen LogP contribution in [-0.4, -0.2) is 120 Å². The van der Waals surface area contributed by atoms with E-state index in [0.29, 0.717) is 16.5 Å². The van der Waals surface area contributed by atoms with Crippen LogP contribution in [0.4, 0.5) is 0 Å². The molecule has 2 bridgehead atoms. The number of phenolic OH excluding ortho intramolecular Hbond substituents is 1. The molecule has 11 atom stereocenters. The molecule has 0 aromatic heterocycles. The fraction of sp³-hybridized carbons (Fsp3) is 0.647. The fourth-order valence-electron chi connectivity index (χ4n) is 8.84. The quantitative estimate of drug-likeness (QED) is 0.182. The molecule has 8 rings (SSSR count). The minimum Gasteiger partial charge on any atom is -0.506 e. The molecule has 16 nitrogen and oxygen atoms in total. The summed E-state index contributed by atoms with van der Waals surface area (Å²) in [6.45, 7) is 6.14. The van der Waals surface area contributed by atoms with Crippen LogP contribution in [0.3, 0.4) is 0 Å². The molecule has 4 fully saturated rings. The maximum atomic E-state index is 13.7. The molecule has 1 aliphatic carbocycles. The van der Waals surface area contributed by atoms with E-state index in [9.17, 15) is 30.0 Å².